The van der Waals surface area contributed by atoms with Crippen LogP contribution in [0.25, 0.3) is 22.1 Å². The van der Waals surface area contributed by atoms with Gasteiger partial charge in [0.25, 0.3) is 0 Å². The van der Waals surface area contributed by atoms with E-state index >= 15 is 0 Å². The maximum absolute atomic E-state index is 14.2. The van der Waals surface area contributed by atoms with Crippen molar-refractivity contribution in [2.75, 3.05) is 0 Å². The van der Waals surface area contributed by atoms with Crippen molar-refractivity contribution in [1.82, 2.24) is 19.5 Å². The lowest BCUT2D eigenvalue weighted by atomic mass is 9.85. The molecule has 0 bridgehead atoms. The Morgan fingerprint density at radius 3 is 2.82 bits per heavy atom. The SMILES string of the molecule is O=c1cc(Cn2c(C3CCC3)nc3c(Cl)ccnc32)c2ccc(F)c(F)c2[nH]1. The van der Waals surface area contributed by atoms with Crippen molar-refractivity contribution in [2.24, 2.45) is 0 Å². The second kappa shape index (κ2) is 6.38. The first-order chi connectivity index (χ1) is 13.5. The lowest BCUT2D eigenvalue weighted by Crippen LogP contribution is -2.17. The number of fused-ring (bicyclic) bond motifs is 2. The maximum Gasteiger partial charge on any atom is 0.248 e. The van der Waals surface area contributed by atoms with Crippen molar-refractivity contribution in [1.29, 1.82) is 0 Å². The van der Waals surface area contributed by atoms with Crippen LogP contribution in [-0.4, -0.2) is 19.5 Å². The van der Waals surface area contributed by atoms with E-state index in [0.29, 0.717) is 33.1 Å². The summed E-state index contributed by atoms with van der Waals surface area (Å²) in [5, 5.41) is 0.954. The van der Waals surface area contributed by atoms with E-state index in [1.807, 2.05) is 4.57 Å². The molecule has 0 aliphatic heterocycles. The summed E-state index contributed by atoms with van der Waals surface area (Å²) in [7, 11) is 0. The molecule has 0 radical (unpaired) electrons. The molecule has 5 rings (SSSR count). The van der Waals surface area contributed by atoms with Crippen LogP contribution in [0.5, 0.6) is 0 Å². The Kier molecular flexibility index (Phi) is 3.94. The summed E-state index contributed by atoms with van der Waals surface area (Å²) in [6.07, 6.45) is 4.79. The van der Waals surface area contributed by atoms with Gasteiger partial charge >= 0.3 is 0 Å². The van der Waals surface area contributed by atoms with Crippen molar-refractivity contribution in [3.05, 3.63) is 68.9 Å². The standard InChI is InChI=1S/C20H15ClF2N4O/c21-13-6-7-24-20-18(13)26-19(10-2-1-3-10)27(20)9-11-8-15(28)25-17-12(11)4-5-14(22)16(17)23/h4-8,10H,1-3,9H2,(H,25,28). The number of nitrogens with zero attached hydrogens (tertiary/aromatic N) is 3. The van der Waals surface area contributed by atoms with Gasteiger partial charge < -0.3 is 9.55 Å². The average Bonchev–Trinajstić information content (AvgIpc) is 2.97. The zero-order valence-electron chi connectivity index (χ0n) is 14.7. The second-order valence-corrected chi connectivity index (χ2v) is 7.50. The first kappa shape index (κ1) is 17.3. The van der Waals surface area contributed by atoms with Gasteiger partial charge in [0, 0.05) is 23.6 Å². The molecular weight excluding hydrogens is 386 g/mol. The third-order valence-electron chi connectivity index (χ3n) is 5.41. The van der Waals surface area contributed by atoms with Gasteiger partial charge in [-0.25, -0.2) is 18.7 Å². The number of hydrogen-bond donors (Lipinski definition) is 1. The number of imidazole rings is 1. The van der Waals surface area contributed by atoms with Gasteiger partial charge in [-0.3, -0.25) is 4.79 Å². The van der Waals surface area contributed by atoms with Crippen LogP contribution in [0.1, 0.15) is 36.6 Å². The lowest BCUT2D eigenvalue weighted by Gasteiger charge is -2.25. The Morgan fingerprint density at radius 2 is 2.07 bits per heavy atom. The van der Waals surface area contributed by atoms with Gasteiger partial charge in [0.1, 0.15) is 11.3 Å². The highest BCUT2D eigenvalue weighted by atomic mass is 35.5. The van der Waals surface area contributed by atoms with E-state index in [2.05, 4.69) is 9.97 Å². The first-order valence-electron chi connectivity index (χ1n) is 9.03. The molecule has 0 atom stereocenters. The highest BCUT2D eigenvalue weighted by Gasteiger charge is 2.27. The van der Waals surface area contributed by atoms with Crippen LogP contribution < -0.4 is 5.56 Å². The number of hydrogen-bond acceptors (Lipinski definition) is 3. The van der Waals surface area contributed by atoms with Gasteiger partial charge in [0.05, 0.1) is 17.1 Å². The fourth-order valence-corrected chi connectivity index (χ4v) is 3.96. The molecule has 8 heteroatoms. The van der Waals surface area contributed by atoms with Crippen LogP contribution in [0.3, 0.4) is 0 Å². The highest BCUT2D eigenvalue weighted by Crippen LogP contribution is 2.38. The molecule has 28 heavy (non-hydrogen) atoms. The zero-order valence-corrected chi connectivity index (χ0v) is 15.4. The normalized spacial score (nSPS) is 14.7. The molecule has 1 aliphatic rings. The topological polar surface area (TPSA) is 63.6 Å². The number of pyridine rings is 2. The Balaban J connectivity index is 1.74. The van der Waals surface area contributed by atoms with Crippen LogP contribution in [0.15, 0.2) is 35.3 Å². The van der Waals surface area contributed by atoms with Gasteiger partial charge in [-0.1, -0.05) is 18.0 Å². The summed E-state index contributed by atoms with van der Waals surface area (Å²) < 4.78 is 29.8. The summed E-state index contributed by atoms with van der Waals surface area (Å²) >= 11 is 6.31. The number of rotatable bonds is 3. The lowest BCUT2D eigenvalue weighted by molar-refractivity contribution is 0.391. The number of H-pyrrole nitrogens is 1. The zero-order chi connectivity index (χ0) is 19.4. The van der Waals surface area contributed by atoms with E-state index in [0.717, 1.165) is 31.2 Å². The average molecular weight is 401 g/mol. The first-order valence-corrected chi connectivity index (χ1v) is 9.41. The van der Waals surface area contributed by atoms with Gasteiger partial charge in [-0.2, -0.15) is 0 Å². The summed E-state index contributed by atoms with van der Waals surface area (Å²) in [5.74, 6) is -0.908. The van der Waals surface area contributed by atoms with Crippen LogP contribution >= 0.6 is 11.6 Å². The van der Waals surface area contributed by atoms with E-state index in [9.17, 15) is 13.6 Å². The minimum atomic E-state index is -1.06. The summed E-state index contributed by atoms with van der Waals surface area (Å²) in [6.45, 7) is 0.265. The quantitative estimate of drug-likeness (QED) is 0.550. The molecule has 4 aromatic rings. The minimum absolute atomic E-state index is 0.136. The van der Waals surface area contributed by atoms with Crippen LogP contribution in [-0.2, 0) is 6.54 Å². The molecular formula is C20H15ClF2N4O. The molecule has 0 unspecified atom stereocenters. The molecule has 0 spiro atoms. The minimum Gasteiger partial charge on any atom is -0.319 e. The van der Waals surface area contributed by atoms with Crippen molar-refractivity contribution in [2.45, 2.75) is 31.7 Å². The molecule has 1 saturated carbocycles. The largest absolute Gasteiger partial charge is 0.319 e. The van der Waals surface area contributed by atoms with Crippen LogP contribution in [0.2, 0.25) is 5.02 Å². The number of benzene rings is 1. The summed E-state index contributed by atoms with van der Waals surface area (Å²) in [6, 6.07) is 5.63. The van der Waals surface area contributed by atoms with E-state index < -0.39 is 17.2 Å². The molecule has 5 nitrogen and oxygen atoms in total. The van der Waals surface area contributed by atoms with E-state index in [1.165, 1.54) is 12.1 Å². The predicted molar refractivity (Wildman–Crippen MR) is 103 cm³/mol. The van der Waals surface area contributed by atoms with Crippen molar-refractivity contribution >= 4 is 33.7 Å². The van der Waals surface area contributed by atoms with Gasteiger partial charge in [0.15, 0.2) is 17.3 Å². The molecule has 0 saturated heterocycles. The Labute approximate surface area is 163 Å². The Morgan fingerprint density at radius 1 is 1.25 bits per heavy atom. The smallest absolute Gasteiger partial charge is 0.248 e. The Hall–Kier alpha value is -2.80. The molecule has 142 valence electrons. The van der Waals surface area contributed by atoms with E-state index in [4.69, 9.17) is 16.6 Å². The molecule has 3 aromatic heterocycles. The Bertz CT molecular complexity index is 1290. The van der Waals surface area contributed by atoms with E-state index in [-0.39, 0.29) is 12.1 Å². The van der Waals surface area contributed by atoms with Crippen LogP contribution in [0, 0.1) is 11.6 Å². The molecule has 0 amide bonds. The number of aromatic amines is 1. The molecule has 1 aromatic carbocycles. The van der Waals surface area contributed by atoms with Crippen molar-refractivity contribution in [3.8, 4) is 0 Å². The number of aromatic nitrogens is 4. The monoisotopic (exact) mass is 400 g/mol. The third kappa shape index (κ3) is 2.61. The van der Waals surface area contributed by atoms with Gasteiger partial charge in [0.2, 0.25) is 5.56 Å². The highest BCUT2D eigenvalue weighted by molar-refractivity contribution is 6.34. The summed E-state index contributed by atoms with van der Waals surface area (Å²) in [4.78, 5) is 23.6. The third-order valence-corrected chi connectivity index (χ3v) is 5.71. The fraction of sp³-hybridized carbons (Fsp3) is 0.250. The van der Waals surface area contributed by atoms with Crippen LogP contribution in [0.4, 0.5) is 8.78 Å². The van der Waals surface area contributed by atoms with Gasteiger partial charge in [-0.05, 0) is 36.6 Å². The van der Waals surface area contributed by atoms with E-state index in [1.54, 1.807) is 12.3 Å². The fourth-order valence-electron chi connectivity index (χ4n) is 3.78. The number of halogens is 3. The second-order valence-electron chi connectivity index (χ2n) is 7.09. The van der Waals surface area contributed by atoms with Gasteiger partial charge in [-0.15, -0.1) is 0 Å². The molecule has 1 N–H and O–H groups in total. The maximum atomic E-state index is 14.2. The molecule has 1 aliphatic carbocycles. The van der Waals surface area contributed by atoms with Crippen molar-refractivity contribution in [3.63, 3.8) is 0 Å². The summed E-state index contributed by atoms with van der Waals surface area (Å²) in [5.41, 5.74) is 1.16. The molecule has 3 heterocycles. The van der Waals surface area contributed by atoms with Crippen molar-refractivity contribution < 1.29 is 8.78 Å². The molecule has 1 fully saturated rings. The predicted octanol–water partition coefficient (Wildman–Crippen LogP) is 4.52. The number of nitrogens with one attached hydrogen (secondary N) is 1.